The van der Waals surface area contributed by atoms with Gasteiger partial charge < -0.3 is 15.6 Å². The SMILES string of the molecule is Cc1oncc1C(=O)NC(CN)C1CCCC1. The van der Waals surface area contributed by atoms with Crippen LogP contribution in [0.25, 0.3) is 0 Å². The standard InChI is InChI=1S/C12H19N3O2/c1-8-10(7-14-17-8)12(16)15-11(6-13)9-4-2-3-5-9/h7,9,11H,2-6,13H2,1H3,(H,15,16). The quantitative estimate of drug-likeness (QED) is 0.825. The molecule has 17 heavy (non-hydrogen) atoms. The van der Waals surface area contributed by atoms with Crippen LogP contribution in [0.15, 0.2) is 10.7 Å². The minimum atomic E-state index is -0.133. The summed E-state index contributed by atoms with van der Waals surface area (Å²) in [6.45, 7) is 2.22. The molecule has 0 radical (unpaired) electrons. The zero-order chi connectivity index (χ0) is 12.3. The average Bonchev–Trinajstić information content (AvgIpc) is 2.96. The molecule has 1 atom stereocenters. The van der Waals surface area contributed by atoms with Crippen molar-refractivity contribution in [2.24, 2.45) is 11.7 Å². The van der Waals surface area contributed by atoms with Crippen molar-refractivity contribution < 1.29 is 9.32 Å². The molecule has 1 fully saturated rings. The lowest BCUT2D eigenvalue weighted by molar-refractivity contribution is 0.0922. The van der Waals surface area contributed by atoms with Crippen molar-refractivity contribution >= 4 is 5.91 Å². The molecule has 5 heteroatoms. The number of carbonyl (C=O) groups is 1. The van der Waals surface area contributed by atoms with E-state index in [9.17, 15) is 4.79 Å². The van der Waals surface area contributed by atoms with Crippen LogP contribution in [0.2, 0.25) is 0 Å². The van der Waals surface area contributed by atoms with E-state index in [2.05, 4.69) is 10.5 Å². The van der Waals surface area contributed by atoms with Crippen molar-refractivity contribution in [1.82, 2.24) is 10.5 Å². The zero-order valence-corrected chi connectivity index (χ0v) is 10.1. The van der Waals surface area contributed by atoms with Crippen LogP contribution in [0.1, 0.15) is 41.8 Å². The first-order valence-electron chi connectivity index (χ1n) is 6.14. The molecule has 0 bridgehead atoms. The van der Waals surface area contributed by atoms with Crippen molar-refractivity contribution in [1.29, 1.82) is 0 Å². The number of rotatable bonds is 4. The molecule has 1 heterocycles. The molecule has 1 aliphatic carbocycles. The molecule has 0 aliphatic heterocycles. The monoisotopic (exact) mass is 237 g/mol. The van der Waals surface area contributed by atoms with E-state index in [1.54, 1.807) is 6.92 Å². The van der Waals surface area contributed by atoms with Crippen LogP contribution in [0, 0.1) is 12.8 Å². The summed E-state index contributed by atoms with van der Waals surface area (Å²) in [5.74, 6) is 0.930. The topological polar surface area (TPSA) is 81.2 Å². The van der Waals surface area contributed by atoms with Gasteiger partial charge in [0.25, 0.3) is 5.91 Å². The van der Waals surface area contributed by atoms with E-state index in [0.29, 0.717) is 23.8 Å². The Morgan fingerprint density at radius 1 is 1.65 bits per heavy atom. The van der Waals surface area contributed by atoms with E-state index in [0.717, 1.165) is 12.8 Å². The summed E-state index contributed by atoms with van der Waals surface area (Å²) >= 11 is 0. The molecule has 0 spiro atoms. The van der Waals surface area contributed by atoms with Crippen molar-refractivity contribution in [3.8, 4) is 0 Å². The Hall–Kier alpha value is -1.36. The van der Waals surface area contributed by atoms with Gasteiger partial charge in [-0.25, -0.2) is 0 Å². The van der Waals surface area contributed by atoms with Crippen LogP contribution in [0.5, 0.6) is 0 Å². The molecular weight excluding hydrogens is 218 g/mol. The smallest absolute Gasteiger partial charge is 0.256 e. The Balaban J connectivity index is 1.99. The summed E-state index contributed by atoms with van der Waals surface area (Å²) < 4.78 is 4.88. The lowest BCUT2D eigenvalue weighted by atomic mass is 9.98. The van der Waals surface area contributed by atoms with Crippen LogP contribution < -0.4 is 11.1 Å². The third kappa shape index (κ3) is 2.66. The maximum atomic E-state index is 12.0. The normalized spacial score (nSPS) is 18.2. The third-order valence-corrected chi connectivity index (χ3v) is 3.53. The van der Waals surface area contributed by atoms with Crippen LogP contribution >= 0.6 is 0 Å². The summed E-state index contributed by atoms with van der Waals surface area (Å²) in [5.41, 5.74) is 6.24. The first-order valence-corrected chi connectivity index (χ1v) is 6.14. The van der Waals surface area contributed by atoms with Gasteiger partial charge in [0.2, 0.25) is 0 Å². The van der Waals surface area contributed by atoms with Gasteiger partial charge in [-0.15, -0.1) is 0 Å². The van der Waals surface area contributed by atoms with Crippen LogP contribution in [-0.2, 0) is 0 Å². The number of carbonyl (C=O) groups excluding carboxylic acids is 1. The number of nitrogens with one attached hydrogen (secondary N) is 1. The van der Waals surface area contributed by atoms with E-state index in [-0.39, 0.29) is 11.9 Å². The Kier molecular flexibility index (Phi) is 3.78. The molecule has 1 saturated carbocycles. The van der Waals surface area contributed by atoms with Gasteiger partial charge in [-0.3, -0.25) is 4.79 Å². The highest BCUT2D eigenvalue weighted by atomic mass is 16.5. The molecule has 1 aromatic heterocycles. The lowest BCUT2D eigenvalue weighted by Crippen LogP contribution is -2.44. The summed E-state index contributed by atoms with van der Waals surface area (Å²) in [7, 11) is 0. The molecule has 2 rings (SSSR count). The molecule has 3 N–H and O–H groups in total. The summed E-state index contributed by atoms with van der Waals surface area (Å²) in [4.78, 5) is 12.0. The van der Waals surface area contributed by atoms with Gasteiger partial charge in [-0.05, 0) is 25.7 Å². The molecule has 0 saturated heterocycles. The van der Waals surface area contributed by atoms with Gasteiger partial charge in [0.05, 0.1) is 6.20 Å². The second-order valence-electron chi connectivity index (χ2n) is 4.66. The predicted molar refractivity (Wildman–Crippen MR) is 63.5 cm³/mol. The molecule has 94 valence electrons. The van der Waals surface area contributed by atoms with Gasteiger partial charge in [0.1, 0.15) is 11.3 Å². The first kappa shape index (κ1) is 12.1. The molecule has 1 aliphatic rings. The van der Waals surface area contributed by atoms with Gasteiger partial charge in [0, 0.05) is 12.6 Å². The number of aryl methyl sites for hydroxylation is 1. The fourth-order valence-electron chi connectivity index (χ4n) is 2.49. The fourth-order valence-corrected chi connectivity index (χ4v) is 2.49. The molecule has 1 amide bonds. The van der Waals surface area contributed by atoms with Crippen molar-refractivity contribution in [2.45, 2.75) is 38.6 Å². The maximum absolute atomic E-state index is 12.0. The number of nitrogens with zero attached hydrogens (tertiary/aromatic N) is 1. The number of hydrogen-bond donors (Lipinski definition) is 2. The van der Waals surface area contributed by atoms with E-state index in [1.165, 1.54) is 19.0 Å². The van der Waals surface area contributed by atoms with Crippen LogP contribution in [0.4, 0.5) is 0 Å². The second kappa shape index (κ2) is 5.31. The van der Waals surface area contributed by atoms with Gasteiger partial charge in [-0.2, -0.15) is 0 Å². The lowest BCUT2D eigenvalue weighted by Gasteiger charge is -2.22. The van der Waals surface area contributed by atoms with Gasteiger partial charge >= 0.3 is 0 Å². The van der Waals surface area contributed by atoms with Gasteiger partial charge in [0.15, 0.2) is 0 Å². The first-order chi connectivity index (χ1) is 8.22. The Morgan fingerprint density at radius 3 is 2.88 bits per heavy atom. The van der Waals surface area contributed by atoms with Gasteiger partial charge in [-0.1, -0.05) is 18.0 Å². The molecule has 0 aromatic carbocycles. The minimum absolute atomic E-state index is 0.0688. The summed E-state index contributed by atoms with van der Waals surface area (Å²) in [5, 5.41) is 6.59. The number of nitrogens with two attached hydrogens (primary N) is 1. The predicted octanol–water partition coefficient (Wildman–Crippen LogP) is 1.23. The van der Waals surface area contributed by atoms with E-state index in [1.807, 2.05) is 0 Å². The fraction of sp³-hybridized carbons (Fsp3) is 0.667. The molecular formula is C12H19N3O2. The molecule has 5 nitrogen and oxygen atoms in total. The number of aromatic nitrogens is 1. The highest BCUT2D eigenvalue weighted by Gasteiger charge is 2.26. The van der Waals surface area contributed by atoms with E-state index >= 15 is 0 Å². The number of hydrogen-bond acceptors (Lipinski definition) is 4. The summed E-state index contributed by atoms with van der Waals surface area (Å²) in [6, 6.07) is 0.0688. The van der Waals surface area contributed by atoms with Crippen LogP contribution in [-0.4, -0.2) is 23.7 Å². The average molecular weight is 237 g/mol. The van der Waals surface area contributed by atoms with Crippen molar-refractivity contribution in [3.05, 3.63) is 17.5 Å². The second-order valence-corrected chi connectivity index (χ2v) is 4.66. The largest absolute Gasteiger partial charge is 0.361 e. The maximum Gasteiger partial charge on any atom is 0.256 e. The zero-order valence-electron chi connectivity index (χ0n) is 10.1. The van der Waals surface area contributed by atoms with E-state index in [4.69, 9.17) is 10.3 Å². The highest BCUT2D eigenvalue weighted by Crippen LogP contribution is 2.27. The third-order valence-electron chi connectivity index (χ3n) is 3.53. The molecule has 1 aromatic rings. The van der Waals surface area contributed by atoms with Crippen molar-refractivity contribution in [2.75, 3.05) is 6.54 Å². The molecule has 1 unspecified atom stereocenters. The Labute approximate surface area is 101 Å². The Morgan fingerprint density at radius 2 is 2.35 bits per heavy atom. The highest BCUT2D eigenvalue weighted by molar-refractivity contribution is 5.94. The summed E-state index contributed by atoms with van der Waals surface area (Å²) in [6.07, 6.45) is 6.25. The van der Waals surface area contributed by atoms with Crippen LogP contribution in [0.3, 0.4) is 0 Å². The minimum Gasteiger partial charge on any atom is -0.361 e. The van der Waals surface area contributed by atoms with Crippen molar-refractivity contribution in [3.63, 3.8) is 0 Å². The number of amides is 1. The Bertz CT molecular complexity index is 383. The van der Waals surface area contributed by atoms with E-state index < -0.39 is 0 Å².